The number of benzene rings is 2. The number of esters is 1. The average Bonchev–Trinajstić information content (AvgIpc) is 2.78. The van der Waals surface area contributed by atoms with Gasteiger partial charge in [0.2, 0.25) is 0 Å². The number of methoxy groups -OCH3 is 1. The molecule has 32 heavy (non-hydrogen) atoms. The average molecular weight is 471 g/mol. The van der Waals surface area contributed by atoms with Crippen molar-refractivity contribution in [2.75, 3.05) is 13.7 Å². The van der Waals surface area contributed by atoms with E-state index in [2.05, 4.69) is 0 Å². The third-order valence-electron chi connectivity index (χ3n) is 5.24. The largest absolute Gasteiger partial charge is 0.458 e. The van der Waals surface area contributed by atoms with Crippen LogP contribution in [0, 0.1) is 5.92 Å². The lowest BCUT2D eigenvalue weighted by Gasteiger charge is -2.36. The summed E-state index contributed by atoms with van der Waals surface area (Å²) in [5.74, 6) is -2.12. The van der Waals surface area contributed by atoms with Crippen molar-refractivity contribution in [2.45, 2.75) is 54.7 Å². The van der Waals surface area contributed by atoms with E-state index in [9.17, 15) is 23.1 Å². The van der Waals surface area contributed by atoms with Gasteiger partial charge in [-0.25, -0.2) is 4.79 Å². The first-order valence-electron chi connectivity index (χ1n) is 10.4. The quantitative estimate of drug-likeness (QED) is 0.343. The van der Waals surface area contributed by atoms with Crippen LogP contribution in [-0.4, -0.2) is 42.3 Å². The summed E-state index contributed by atoms with van der Waals surface area (Å²) in [5.41, 5.74) is -3.63. The fraction of sp³-hybridized carbons (Fsp3) is 0.458. The first-order chi connectivity index (χ1) is 15.2. The molecule has 0 aromatic heterocycles. The SMILES string of the molecule is CCC[C@H](Sc1ccccc1)[C@@H](OC(=O)C(OC)(c1ccccc1)C(F)(F)F)[C@@H](C)CO. The van der Waals surface area contributed by atoms with E-state index in [1.165, 1.54) is 36.0 Å². The monoisotopic (exact) mass is 470 g/mol. The topological polar surface area (TPSA) is 55.8 Å². The minimum atomic E-state index is -5.06. The number of carbonyl (C=O) groups excluding carboxylic acids is 1. The molecule has 176 valence electrons. The maximum absolute atomic E-state index is 14.3. The molecule has 0 saturated carbocycles. The zero-order valence-electron chi connectivity index (χ0n) is 18.3. The van der Waals surface area contributed by atoms with Gasteiger partial charge in [0.1, 0.15) is 6.10 Å². The summed E-state index contributed by atoms with van der Waals surface area (Å²) in [7, 11) is 0.842. The Kier molecular flexibility index (Phi) is 9.61. The lowest BCUT2D eigenvalue weighted by Crippen LogP contribution is -2.54. The van der Waals surface area contributed by atoms with Gasteiger partial charge in [-0.3, -0.25) is 0 Å². The molecule has 1 unspecified atom stereocenters. The number of alkyl halides is 3. The Bertz CT molecular complexity index is 832. The first-order valence-corrected chi connectivity index (χ1v) is 11.3. The fourth-order valence-electron chi connectivity index (χ4n) is 3.50. The maximum atomic E-state index is 14.3. The van der Waals surface area contributed by atoms with Crippen LogP contribution >= 0.6 is 11.8 Å². The second kappa shape index (κ2) is 11.7. The highest BCUT2D eigenvalue weighted by molar-refractivity contribution is 8.00. The molecule has 4 nitrogen and oxygen atoms in total. The Labute approximate surface area is 191 Å². The van der Waals surface area contributed by atoms with Crippen LogP contribution in [0.25, 0.3) is 0 Å². The van der Waals surface area contributed by atoms with Gasteiger partial charge in [-0.1, -0.05) is 68.8 Å². The predicted octanol–water partition coefficient (Wildman–Crippen LogP) is 5.59. The van der Waals surface area contributed by atoms with E-state index >= 15 is 0 Å². The number of aliphatic hydroxyl groups excluding tert-OH is 1. The Morgan fingerprint density at radius 3 is 2.09 bits per heavy atom. The number of hydrogen-bond donors (Lipinski definition) is 1. The number of ether oxygens (including phenoxy) is 2. The molecule has 2 aromatic carbocycles. The van der Waals surface area contributed by atoms with Crippen molar-refractivity contribution in [1.29, 1.82) is 0 Å². The van der Waals surface area contributed by atoms with Crippen molar-refractivity contribution in [1.82, 2.24) is 0 Å². The number of carbonyl (C=O) groups is 1. The van der Waals surface area contributed by atoms with Crippen LogP contribution in [0.1, 0.15) is 32.3 Å². The second-order valence-corrected chi connectivity index (χ2v) is 8.85. The Hall–Kier alpha value is -2.03. The zero-order chi connectivity index (χ0) is 23.8. The summed E-state index contributed by atoms with van der Waals surface area (Å²) < 4.78 is 53.2. The summed E-state index contributed by atoms with van der Waals surface area (Å²) in [4.78, 5) is 14.1. The van der Waals surface area contributed by atoms with Crippen LogP contribution in [0.4, 0.5) is 13.2 Å². The Balaban J connectivity index is 2.45. The molecule has 2 aromatic rings. The van der Waals surface area contributed by atoms with Gasteiger partial charge >= 0.3 is 12.1 Å². The van der Waals surface area contributed by atoms with E-state index in [1.54, 1.807) is 13.0 Å². The smallest absolute Gasteiger partial charge is 0.432 e. The summed E-state index contributed by atoms with van der Waals surface area (Å²) in [6.45, 7) is 3.25. The van der Waals surface area contributed by atoms with Crippen molar-refractivity contribution in [2.24, 2.45) is 5.92 Å². The molecule has 0 aliphatic rings. The summed E-state index contributed by atoms with van der Waals surface area (Å²) >= 11 is 1.42. The summed E-state index contributed by atoms with van der Waals surface area (Å²) in [5, 5.41) is 9.43. The predicted molar refractivity (Wildman–Crippen MR) is 118 cm³/mol. The van der Waals surface area contributed by atoms with Gasteiger partial charge in [0.25, 0.3) is 5.60 Å². The highest BCUT2D eigenvalue weighted by Crippen LogP contribution is 2.44. The minimum absolute atomic E-state index is 0.342. The fourth-order valence-corrected chi connectivity index (χ4v) is 4.98. The van der Waals surface area contributed by atoms with E-state index in [0.717, 1.165) is 18.4 Å². The summed E-state index contributed by atoms with van der Waals surface area (Å²) in [6.07, 6.45) is -4.71. The second-order valence-electron chi connectivity index (χ2n) is 7.54. The van der Waals surface area contributed by atoms with E-state index in [4.69, 9.17) is 9.47 Å². The van der Waals surface area contributed by atoms with Crippen LogP contribution in [0.3, 0.4) is 0 Å². The normalized spacial score (nSPS) is 16.6. The lowest BCUT2D eigenvalue weighted by atomic mass is 9.92. The Morgan fingerprint density at radius 1 is 1.06 bits per heavy atom. The molecule has 0 saturated heterocycles. The number of aliphatic hydroxyl groups is 1. The van der Waals surface area contributed by atoms with Crippen LogP contribution in [-0.2, 0) is 19.9 Å². The lowest BCUT2D eigenvalue weighted by molar-refractivity contribution is -0.279. The van der Waals surface area contributed by atoms with Gasteiger partial charge in [-0.15, -0.1) is 11.8 Å². The van der Waals surface area contributed by atoms with Crippen LogP contribution in [0.2, 0.25) is 0 Å². The van der Waals surface area contributed by atoms with Crippen molar-refractivity contribution in [3.63, 3.8) is 0 Å². The zero-order valence-corrected chi connectivity index (χ0v) is 19.2. The molecule has 0 bridgehead atoms. The molecule has 0 amide bonds. The van der Waals surface area contributed by atoms with E-state index in [-0.39, 0.29) is 17.4 Å². The van der Waals surface area contributed by atoms with Crippen molar-refractivity contribution >= 4 is 17.7 Å². The number of halogens is 3. The number of thioether (sulfide) groups is 1. The molecule has 1 N–H and O–H groups in total. The Morgan fingerprint density at radius 2 is 1.62 bits per heavy atom. The molecule has 2 rings (SSSR count). The van der Waals surface area contributed by atoms with Gasteiger partial charge in [-0.05, 0) is 18.6 Å². The maximum Gasteiger partial charge on any atom is 0.432 e. The molecule has 8 heteroatoms. The molecular weight excluding hydrogens is 441 g/mol. The van der Waals surface area contributed by atoms with Crippen LogP contribution in [0.5, 0.6) is 0 Å². The van der Waals surface area contributed by atoms with E-state index in [1.807, 2.05) is 37.3 Å². The van der Waals surface area contributed by atoms with E-state index < -0.39 is 29.8 Å². The molecule has 0 aliphatic heterocycles. The molecule has 4 atom stereocenters. The molecule has 0 heterocycles. The third-order valence-corrected chi connectivity index (χ3v) is 6.59. The molecule has 0 fully saturated rings. The molecule has 0 aliphatic carbocycles. The van der Waals surface area contributed by atoms with Crippen molar-refractivity contribution in [3.05, 3.63) is 66.2 Å². The van der Waals surface area contributed by atoms with Crippen molar-refractivity contribution in [3.8, 4) is 0 Å². The van der Waals surface area contributed by atoms with Gasteiger partial charge in [0.05, 0.1) is 0 Å². The summed E-state index contributed by atoms with van der Waals surface area (Å²) in [6, 6.07) is 16.1. The van der Waals surface area contributed by atoms with Gasteiger partial charge in [0, 0.05) is 35.3 Å². The molecule has 0 spiro atoms. The van der Waals surface area contributed by atoms with Crippen LogP contribution in [0.15, 0.2) is 65.6 Å². The van der Waals surface area contributed by atoms with Gasteiger partial charge in [-0.2, -0.15) is 13.2 Å². The highest BCUT2D eigenvalue weighted by Gasteiger charge is 2.64. The third kappa shape index (κ3) is 5.85. The molecule has 0 radical (unpaired) electrons. The highest BCUT2D eigenvalue weighted by atomic mass is 32.2. The first kappa shape index (κ1) is 26.2. The molecular formula is C24H29F3O4S. The standard InChI is InChI=1S/C24H29F3O4S/c1-4-11-20(32-19-14-9-6-10-15-19)21(17(2)16-28)31-22(29)23(30-3,24(25,26)27)18-12-7-5-8-13-18/h5-10,12-15,17,20-21,28H,4,11,16H2,1-3H3/t17-,20-,21-,23?/m0/s1. The van der Waals surface area contributed by atoms with E-state index in [0.29, 0.717) is 6.42 Å². The number of rotatable bonds is 11. The van der Waals surface area contributed by atoms with Gasteiger partial charge in [0.15, 0.2) is 0 Å². The van der Waals surface area contributed by atoms with Crippen LogP contribution < -0.4 is 0 Å². The van der Waals surface area contributed by atoms with Gasteiger partial charge < -0.3 is 14.6 Å². The van der Waals surface area contributed by atoms with Crippen molar-refractivity contribution < 1.29 is 32.5 Å². The minimum Gasteiger partial charge on any atom is -0.458 e. The number of hydrogen-bond acceptors (Lipinski definition) is 5.